The molecule has 5 atom stereocenters. The van der Waals surface area contributed by atoms with Gasteiger partial charge in [-0.2, -0.15) is 0 Å². The Morgan fingerprint density at radius 2 is 1.92 bits per heavy atom. The molecule has 3 N–H and O–H groups in total. The molecule has 39 heavy (non-hydrogen) atoms. The molecule has 0 radical (unpaired) electrons. The summed E-state index contributed by atoms with van der Waals surface area (Å²) in [7, 11) is 0. The number of likely N-dealkylation sites (tertiary alicyclic amines) is 1. The first kappa shape index (κ1) is 27.0. The highest BCUT2D eigenvalue weighted by Crippen LogP contribution is 2.64. The highest BCUT2D eigenvalue weighted by molar-refractivity contribution is 6.38. The molecule has 2 aliphatic heterocycles. The van der Waals surface area contributed by atoms with Crippen molar-refractivity contribution in [2.45, 2.75) is 57.7 Å². The molecule has 11 heteroatoms. The van der Waals surface area contributed by atoms with Gasteiger partial charge in [0.05, 0.1) is 6.04 Å². The molecule has 0 bridgehead atoms. The van der Waals surface area contributed by atoms with Crippen molar-refractivity contribution >= 4 is 35.5 Å². The first-order valence-corrected chi connectivity index (χ1v) is 13.3. The van der Waals surface area contributed by atoms with E-state index in [1.165, 1.54) is 17.0 Å². The fraction of sp³-hybridized carbons (Fsp3) is 0.536. The molecule has 0 spiro atoms. The van der Waals surface area contributed by atoms with Crippen LogP contribution in [-0.2, 0) is 24.0 Å². The van der Waals surface area contributed by atoms with Crippen LogP contribution >= 0.6 is 0 Å². The van der Waals surface area contributed by atoms with Crippen LogP contribution in [0.25, 0.3) is 6.08 Å². The third-order valence-corrected chi connectivity index (χ3v) is 8.58. The zero-order valence-corrected chi connectivity index (χ0v) is 21.8. The van der Waals surface area contributed by atoms with Gasteiger partial charge in [0.25, 0.3) is 5.91 Å². The Morgan fingerprint density at radius 1 is 1.18 bits per heavy atom. The topological polar surface area (TPSA) is 125 Å². The lowest BCUT2D eigenvalue weighted by molar-refractivity contribution is -0.142. The van der Waals surface area contributed by atoms with E-state index in [0.29, 0.717) is 19.5 Å². The highest BCUT2D eigenvalue weighted by atomic mass is 19.1. The largest absolute Gasteiger partial charge is 0.356 e. The minimum Gasteiger partial charge on any atom is -0.356 e. The smallest absolute Gasteiger partial charge is 0.289 e. The number of rotatable bonds is 9. The molecule has 4 fully saturated rings. The van der Waals surface area contributed by atoms with Gasteiger partial charge in [-0.05, 0) is 61.1 Å². The third kappa shape index (κ3) is 5.44. The van der Waals surface area contributed by atoms with Gasteiger partial charge in [-0.3, -0.25) is 24.0 Å². The van der Waals surface area contributed by atoms with Crippen molar-refractivity contribution in [3.05, 3.63) is 41.5 Å². The monoisotopic (exact) mass is 542 g/mol. The van der Waals surface area contributed by atoms with Crippen molar-refractivity contribution in [2.75, 3.05) is 13.1 Å². The van der Waals surface area contributed by atoms with Crippen LogP contribution in [0.4, 0.5) is 8.78 Å². The Kier molecular flexibility index (Phi) is 7.02. The van der Waals surface area contributed by atoms with Crippen LogP contribution in [0, 0.1) is 34.8 Å². The fourth-order valence-corrected chi connectivity index (χ4v) is 5.99. The molecule has 4 amide bonds. The number of ketones is 1. The first-order chi connectivity index (χ1) is 18.5. The van der Waals surface area contributed by atoms with Crippen molar-refractivity contribution in [1.82, 2.24) is 20.9 Å². The van der Waals surface area contributed by atoms with Crippen LogP contribution in [0.3, 0.4) is 0 Å². The second-order valence-electron chi connectivity index (χ2n) is 11.6. The predicted octanol–water partition coefficient (Wildman–Crippen LogP) is 1.32. The lowest BCUT2D eigenvalue weighted by Crippen LogP contribution is -2.55. The quantitative estimate of drug-likeness (QED) is 0.321. The zero-order chi connectivity index (χ0) is 28.1. The number of piperidine rings is 1. The van der Waals surface area contributed by atoms with Gasteiger partial charge in [0, 0.05) is 42.8 Å². The van der Waals surface area contributed by atoms with Gasteiger partial charge < -0.3 is 20.9 Å². The number of carbonyl (C=O) groups excluding carboxylic acids is 5. The van der Waals surface area contributed by atoms with Crippen LogP contribution < -0.4 is 16.0 Å². The molecule has 2 heterocycles. The molecule has 1 aromatic carbocycles. The number of benzene rings is 1. The average Bonchev–Trinajstić information content (AvgIpc) is 3.64. The van der Waals surface area contributed by atoms with Crippen molar-refractivity contribution in [2.24, 2.45) is 23.2 Å². The van der Waals surface area contributed by atoms with Gasteiger partial charge in [0.2, 0.25) is 23.5 Å². The number of nitrogens with zero attached hydrogens (tertiary/aromatic N) is 1. The lowest BCUT2D eigenvalue weighted by atomic mass is 9.94. The maximum Gasteiger partial charge on any atom is 0.289 e. The molecule has 5 rings (SSSR count). The van der Waals surface area contributed by atoms with E-state index in [9.17, 15) is 32.8 Å². The molecule has 208 valence electrons. The number of nitrogens with one attached hydrogen (secondary N) is 3. The van der Waals surface area contributed by atoms with Gasteiger partial charge >= 0.3 is 0 Å². The molecule has 1 unspecified atom stereocenters. The van der Waals surface area contributed by atoms with Gasteiger partial charge in [0.1, 0.15) is 17.7 Å². The zero-order valence-electron chi connectivity index (χ0n) is 21.8. The van der Waals surface area contributed by atoms with Crippen molar-refractivity contribution in [1.29, 1.82) is 0 Å². The molecular formula is C28H32F2N4O5. The van der Waals surface area contributed by atoms with E-state index in [-0.39, 0.29) is 41.2 Å². The molecule has 2 aliphatic carbocycles. The van der Waals surface area contributed by atoms with Crippen LogP contribution in [0.2, 0.25) is 0 Å². The maximum atomic E-state index is 14.0. The number of amides is 4. The predicted molar refractivity (Wildman–Crippen MR) is 135 cm³/mol. The summed E-state index contributed by atoms with van der Waals surface area (Å²) in [6.07, 6.45) is 4.41. The van der Waals surface area contributed by atoms with Gasteiger partial charge in [0.15, 0.2) is 0 Å². The Hall–Kier alpha value is -3.63. The Morgan fingerprint density at radius 3 is 2.56 bits per heavy atom. The van der Waals surface area contributed by atoms with Gasteiger partial charge in [-0.25, -0.2) is 8.78 Å². The SMILES string of the molecule is CC1(C)[C@@H]2[C@@H](C(=O)NC(C[C@@H]3CCNC3=O)C(=O)C(=O)NC3CC3)N(C(=O)/C=C/c3ccc(F)cc3F)C[C@@H]21. The fourth-order valence-electron chi connectivity index (χ4n) is 5.99. The summed E-state index contributed by atoms with van der Waals surface area (Å²) in [6, 6.07) is 0.839. The van der Waals surface area contributed by atoms with E-state index in [1.54, 1.807) is 0 Å². The molecule has 0 aromatic heterocycles. The molecule has 1 aromatic rings. The Bertz CT molecular complexity index is 1260. The first-order valence-electron chi connectivity index (χ1n) is 13.3. The van der Waals surface area contributed by atoms with E-state index in [1.807, 2.05) is 13.8 Å². The third-order valence-electron chi connectivity index (χ3n) is 8.58. The summed E-state index contributed by atoms with van der Waals surface area (Å²) in [6.45, 7) is 4.76. The molecular weight excluding hydrogens is 510 g/mol. The summed E-state index contributed by atoms with van der Waals surface area (Å²) >= 11 is 0. The summed E-state index contributed by atoms with van der Waals surface area (Å²) in [4.78, 5) is 66.1. The van der Waals surface area contributed by atoms with Gasteiger partial charge in [-0.1, -0.05) is 13.8 Å². The van der Waals surface area contributed by atoms with Crippen molar-refractivity contribution in [3.63, 3.8) is 0 Å². The van der Waals surface area contributed by atoms with E-state index in [0.717, 1.165) is 31.1 Å². The number of hydrogen-bond acceptors (Lipinski definition) is 5. The number of carbonyl (C=O) groups is 5. The van der Waals surface area contributed by atoms with Crippen molar-refractivity contribution < 1.29 is 32.8 Å². The van der Waals surface area contributed by atoms with E-state index >= 15 is 0 Å². The molecule has 4 aliphatic rings. The van der Waals surface area contributed by atoms with E-state index < -0.39 is 53.1 Å². The highest BCUT2D eigenvalue weighted by Gasteiger charge is 2.69. The molecule has 9 nitrogen and oxygen atoms in total. The van der Waals surface area contributed by atoms with E-state index in [4.69, 9.17) is 0 Å². The normalized spacial score (nSPS) is 27.6. The second-order valence-corrected chi connectivity index (χ2v) is 11.6. The number of fused-ring (bicyclic) bond motifs is 1. The number of Topliss-reactive ketones (excluding diaryl/α,β-unsaturated/α-hetero) is 1. The summed E-state index contributed by atoms with van der Waals surface area (Å²) < 4.78 is 27.3. The molecule has 2 saturated heterocycles. The van der Waals surface area contributed by atoms with Crippen molar-refractivity contribution in [3.8, 4) is 0 Å². The summed E-state index contributed by atoms with van der Waals surface area (Å²) in [5.41, 5.74) is -0.183. The minimum absolute atomic E-state index is 0.0175. The Balaban J connectivity index is 1.33. The average molecular weight is 543 g/mol. The van der Waals surface area contributed by atoms with Crippen LogP contribution in [0.5, 0.6) is 0 Å². The second kappa shape index (κ2) is 10.2. The summed E-state index contributed by atoms with van der Waals surface area (Å²) in [5.74, 6) is -5.12. The molecule has 2 saturated carbocycles. The van der Waals surface area contributed by atoms with Crippen LogP contribution in [-0.4, -0.2) is 65.5 Å². The van der Waals surface area contributed by atoms with Crippen LogP contribution in [0.1, 0.15) is 45.1 Å². The number of hydrogen-bond donors (Lipinski definition) is 3. The Labute approximate surface area is 224 Å². The maximum absolute atomic E-state index is 14.0. The standard InChI is InChI=1S/C28H32F2N4O5/c1-28(2)18-13-34(21(35)8-4-14-3-5-16(29)12-19(14)30)23(22(18)28)26(38)33-20(11-15-9-10-31-25(15)37)24(36)27(39)32-17-6-7-17/h3-5,8,12,15,17-18,20,22-23H,6-7,9-11,13H2,1-2H3,(H,31,37)(H,32,39)(H,33,38)/b8-4+/t15-,18-,20?,22-,23-/m0/s1. The number of halogens is 2. The lowest BCUT2D eigenvalue weighted by Gasteiger charge is -2.30. The summed E-state index contributed by atoms with van der Waals surface area (Å²) in [5, 5.41) is 8.05. The van der Waals surface area contributed by atoms with Crippen LogP contribution in [0.15, 0.2) is 24.3 Å². The minimum atomic E-state index is -1.22. The van der Waals surface area contributed by atoms with E-state index in [2.05, 4.69) is 16.0 Å². The van der Waals surface area contributed by atoms with Gasteiger partial charge in [-0.15, -0.1) is 0 Å².